The molecule has 1 aliphatic rings. The first-order valence-electron chi connectivity index (χ1n) is 7.22. The number of nitrogens with one attached hydrogen (secondary N) is 1. The monoisotopic (exact) mass is 315 g/mol. The summed E-state index contributed by atoms with van der Waals surface area (Å²) in [7, 11) is 0. The summed E-state index contributed by atoms with van der Waals surface area (Å²) < 4.78 is 5.01. The fourth-order valence-corrected chi connectivity index (χ4v) is 3.77. The third-order valence-electron chi connectivity index (χ3n) is 3.52. The molecule has 22 heavy (non-hydrogen) atoms. The summed E-state index contributed by atoms with van der Waals surface area (Å²) in [4.78, 5) is 20.3. The lowest BCUT2D eigenvalue weighted by molar-refractivity contribution is 0.148. The van der Waals surface area contributed by atoms with Crippen molar-refractivity contribution in [2.24, 2.45) is 0 Å². The van der Waals surface area contributed by atoms with Crippen molar-refractivity contribution in [2.45, 2.75) is 29.8 Å². The van der Waals surface area contributed by atoms with E-state index in [-0.39, 0.29) is 17.4 Å². The van der Waals surface area contributed by atoms with Crippen LogP contribution in [0.25, 0.3) is 0 Å². The highest BCUT2D eigenvalue weighted by Crippen LogP contribution is 2.43. The fraction of sp³-hybridized carbons (Fsp3) is 0.312. The number of ether oxygens (including phenoxy) is 1. The molecule has 114 valence electrons. The summed E-state index contributed by atoms with van der Waals surface area (Å²) in [6.07, 6.45) is 3.87. The van der Waals surface area contributed by atoms with Crippen LogP contribution in [0.15, 0.2) is 47.9 Å². The number of fused-ring (bicyclic) bond motifs is 1. The van der Waals surface area contributed by atoms with Gasteiger partial charge in [-0.05, 0) is 30.5 Å². The summed E-state index contributed by atoms with van der Waals surface area (Å²) >= 11 is 1.57. The van der Waals surface area contributed by atoms with Crippen molar-refractivity contribution in [1.29, 1.82) is 0 Å². The molecule has 0 saturated heterocycles. The Morgan fingerprint density at radius 1 is 1.32 bits per heavy atom. The van der Waals surface area contributed by atoms with Gasteiger partial charge < -0.3 is 10.1 Å². The molecule has 0 aliphatic heterocycles. The van der Waals surface area contributed by atoms with Gasteiger partial charge in [0.25, 0.3) is 0 Å². The number of carbonyl (C=O) groups excluding carboxylic acids is 1. The molecule has 2 unspecified atom stereocenters. The zero-order valence-electron chi connectivity index (χ0n) is 12.2. The Morgan fingerprint density at radius 2 is 2.09 bits per heavy atom. The number of amides is 1. The van der Waals surface area contributed by atoms with E-state index in [1.165, 1.54) is 11.1 Å². The van der Waals surface area contributed by atoms with E-state index in [1.54, 1.807) is 37.1 Å². The van der Waals surface area contributed by atoms with Gasteiger partial charge in [0, 0.05) is 12.4 Å². The van der Waals surface area contributed by atoms with Crippen LogP contribution in [-0.2, 0) is 11.2 Å². The lowest BCUT2D eigenvalue weighted by atomic mass is 10.1. The van der Waals surface area contributed by atoms with Crippen molar-refractivity contribution in [3.8, 4) is 0 Å². The van der Waals surface area contributed by atoms with E-state index in [4.69, 9.17) is 4.74 Å². The van der Waals surface area contributed by atoms with E-state index in [2.05, 4.69) is 27.4 Å². The third kappa shape index (κ3) is 3.22. The van der Waals surface area contributed by atoms with Gasteiger partial charge in [-0.2, -0.15) is 0 Å². The minimum atomic E-state index is -0.375. The quantitative estimate of drug-likeness (QED) is 0.879. The van der Waals surface area contributed by atoms with Gasteiger partial charge in [-0.1, -0.05) is 36.0 Å². The highest BCUT2D eigenvalue weighted by Gasteiger charge is 2.35. The van der Waals surface area contributed by atoms with Crippen molar-refractivity contribution in [3.05, 3.63) is 53.9 Å². The smallest absolute Gasteiger partial charge is 0.407 e. The molecule has 1 aromatic carbocycles. The standard InChI is InChI=1S/C16H17N3O2S/c1-2-21-16(20)19-13-10-11-6-3-4-7-12(11)14(13)22-15-17-8-5-9-18-15/h3-9,13-14H,2,10H2,1H3,(H,19,20). The first-order valence-corrected chi connectivity index (χ1v) is 8.10. The van der Waals surface area contributed by atoms with Crippen molar-refractivity contribution >= 4 is 17.9 Å². The maximum absolute atomic E-state index is 11.8. The van der Waals surface area contributed by atoms with E-state index < -0.39 is 0 Å². The van der Waals surface area contributed by atoms with Gasteiger partial charge in [0.2, 0.25) is 0 Å². The number of aromatic nitrogens is 2. The molecule has 1 amide bonds. The number of thioether (sulfide) groups is 1. The third-order valence-corrected chi connectivity index (χ3v) is 4.78. The van der Waals surface area contributed by atoms with Crippen LogP contribution in [0.2, 0.25) is 0 Å². The average Bonchev–Trinajstić information content (AvgIpc) is 2.86. The van der Waals surface area contributed by atoms with E-state index in [9.17, 15) is 4.79 Å². The van der Waals surface area contributed by atoms with Gasteiger partial charge in [0.15, 0.2) is 5.16 Å². The summed E-state index contributed by atoms with van der Waals surface area (Å²) in [6, 6.07) is 10.0. The number of nitrogens with zero attached hydrogens (tertiary/aromatic N) is 2. The molecule has 5 nitrogen and oxygen atoms in total. The SMILES string of the molecule is CCOC(=O)NC1Cc2ccccc2C1Sc1ncccn1. The Labute approximate surface area is 133 Å². The Kier molecular flexibility index (Phi) is 4.58. The van der Waals surface area contributed by atoms with Crippen LogP contribution in [0, 0.1) is 0 Å². The maximum Gasteiger partial charge on any atom is 0.407 e. The number of hydrogen-bond donors (Lipinski definition) is 1. The summed E-state index contributed by atoms with van der Waals surface area (Å²) in [6.45, 7) is 2.16. The Bertz CT molecular complexity index is 651. The average molecular weight is 315 g/mol. The molecular weight excluding hydrogens is 298 g/mol. The zero-order valence-corrected chi connectivity index (χ0v) is 13.0. The summed E-state index contributed by atoms with van der Waals surface area (Å²) in [5, 5.41) is 3.75. The van der Waals surface area contributed by atoms with Gasteiger partial charge in [-0.15, -0.1) is 0 Å². The topological polar surface area (TPSA) is 64.1 Å². The highest BCUT2D eigenvalue weighted by atomic mass is 32.2. The molecule has 1 N–H and O–H groups in total. The molecule has 6 heteroatoms. The van der Waals surface area contributed by atoms with Crippen molar-refractivity contribution in [2.75, 3.05) is 6.61 Å². The molecule has 1 aromatic heterocycles. The van der Waals surface area contributed by atoms with Crippen LogP contribution < -0.4 is 5.32 Å². The maximum atomic E-state index is 11.8. The van der Waals surface area contributed by atoms with Crippen molar-refractivity contribution < 1.29 is 9.53 Å². The van der Waals surface area contributed by atoms with E-state index in [0.29, 0.717) is 11.8 Å². The number of rotatable bonds is 4. The second kappa shape index (κ2) is 6.79. The Hall–Kier alpha value is -2.08. The number of benzene rings is 1. The molecule has 1 heterocycles. The highest BCUT2D eigenvalue weighted by molar-refractivity contribution is 7.99. The molecule has 0 radical (unpaired) electrons. The molecular formula is C16H17N3O2S. The van der Waals surface area contributed by atoms with Gasteiger partial charge in [-0.25, -0.2) is 14.8 Å². The Balaban J connectivity index is 1.82. The lowest BCUT2D eigenvalue weighted by Crippen LogP contribution is -2.37. The normalized spacial score (nSPS) is 19.5. The van der Waals surface area contributed by atoms with Gasteiger partial charge in [0.1, 0.15) is 0 Å². The minimum Gasteiger partial charge on any atom is -0.450 e. The van der Waals surface area contributed by atoms with Crippen LogP contribution in [0.3, 0.4) is 0 Å². The van der Waals surface area contributed by atoms with Crippen molar-refractivity contribution in [1.82, 2.24) is 15.3 Å². The molecule has 1 aliphatic carbocycles. The van der Waals surface area contributed by atoms with Gasteiger partial charge in [-0.3, -0.25) is 0 Å². The number of hydrogen-bond acceptors (Lipinski definition) is 5. The molecule has 0 bridgehead atoms. The predicted octanol–water partition coefficient (Wildman–Crippen LogP) is 2.98. The minimum absolute atomic E-state index is 0.0229. The summed E-state index contributed by atoms with van der Waals surface area (Å²) in [5.74, 6) is 0. The number of carbonyl (C=O) groups is 1. The van der Waals surface area contributed by atoms with Crippen LogP contribution >= 0.6 is 11.8 Å². The number of alkyl carbamates (subject to hydrolysis) is 1. The molecule has 0 spiro atoms. The summed E-state index contributed by atoms with van der Waals surface area (Å²) in [5.41, 5.74) is 2.47. The molecule has 2 aromatic rings. The molecule has 3 rings (SSSR count). The van der Waals surface area contributed by atoms with Crippen LogP contribution in [0.5, 0.6) is 0 Å². The van der Waals surface area contributed by atoms with E-state index in [1.807, 2.05) is 12.1 Å². The van der Waals surface area contributed by atoms with E-state index >= 15 is 0 Å². The molecule has 0 saturated carbocycles. The zero-order chi connectivity index (χ0) is 15.4. The Morgan fingerprint density at radius 3 is 2.86 bits per heavy atom. The lowest BCUT2D eigenvalue weighted by Gasteiger charge is -2.20. The van der Waals surface area contributed by atoms with Gasteiger partial charge >= 0.3 is 6.09 Å². The van der Waals surface area contributed by atoms with Crippen LogP contribution in [0.4, 0.5) is 4.79 Å². The van der Waals surface area contributed by atoms with Crippen LogP contribution in [0.1, 0.15) is 23.3 Å². The predicted molar refractivity (Wildman–Crippen MR) is 84.7 cm³/mol. The first kappa shape index (κ1) is 14.8. The molecule has 2 atom stereocenters. The van der Waals surface area contributed by atoms with E-state index in [0.717, 1.165) is 6.42 Å². The van der Waals surface area contributed by atoms with Crippen molar-refractivity contribution in [3.63, 3.8) is 0 Å². The fourth-order valence-electron chi connectivity index (χ4n) is 2.61. The van der Waals surface area contributed by atoms with Gasteiger partial charge in [0.05, 0.1) is 17.9 Å². The largest absolute Gasteiger partial charge is 0.450 e. The second-order valence-corrected chi connectivity index (χ2v) is 6.05. The first-order chi connectivity index (χ1) is 10.8. The molecule has 0 fully saturated rings. The second-order valence-electron chi connectivity index (χ2n) is 4.94. The van der Waals surface area contributed by atoms with Crippen LogP contribution in [-0.4, -0.2) is 28.7 Å².